The maximum absolute atomic E-state index is 4.85. The second-order valence-corrected chi connectivity index (χ2v) is 6.19. The van der Waals surface area contributed by atoms with Crippen LogP contribution in [0.25, 0.3) is 27.9 Å². The average Bonchev–Trinajstić information content (AvgIpc) is 3.34. The summed E-state index contributed by atoms with van der Waals surface area (Å²) in [6, 6.07) is 11.9. The van der Waals surface area contributed by atoms with Gasteiger partial charge in [0.15, 0.2) is 11.5 Å². The highest BCUT2D eigenvalue weighted by molar-refractivity contribution is 5.82. The highest BCUT2D eigenvalue weighted by Gasteiger charge is 2.19. The number of hydrogen-bond donors (Lipinski definition) is 2. The lowest BCUT2D eigenvalue weighted by atomic mass is 10.2. The van der Waals surface area contributed by atoms with Crippen LogP contribution in [0.4, 0.5) is 5.82 Å². The van der Waals surface area contributed by atoms with E-state index in [1.165, 1.54) is 6.33 Å². The van der Waals surface area contributed by atoms with Crippen LogP contribution in [0.15, 0.2) is 61.4 Å². The number of rotatable bonds is 4. The van der Waals surface area contributed by atoms with Gasteiger partial charge in [0.25, 0.3) is 0 Å². The Morgan fingerprint density at radius 3 is 2.89 bits per heavy atom. The average molecular weight is 356 g/mol. The van der Waals surface area contributed by atoms with Gasteiger partial charge >= 0.3 is 0 Å². The minimum Gasteiger partial charge on any atom is -0.358 e. The fourth-order valence-corrected chi connectivity index (χ4v) is 3.23. The van der Waals surface area contributed by atoms with Crippen LogP contribution in [0.2, 0.25) is 0 Å². The smallest absolute Gasteiger partial charge is 0.162 e. The van der Waals surface area contributed by atoms with Crippen molar-refractivity contribution in [1.29, 1.82) is 0 Å². The molecular weight excluding hydrogens is 340 g/mol. The number of para-hydroxylation sites is 2. The largest absolute Gasteiger partial charge is 0.358 e. The first-order valence-electron chi connectivity index (χ1n) is 8.59. The molecule has 5 aromatic rings. The van der Waals surface area contributed by atoms with Crippen LogP contribution in [0, 0.1) is 0 Å². The molecule has 27 heavy (non-hydrogen) atoms. The van der Waals surface area contributed by atoms with Gasteiger partial charge in [0.1, 0.15) is 17.7 Å². The Hall–Kier alpha value is -3.81. The number of anilines is 1. The van der Waals surface area contributed by atoms with Gasteiger partial charge in [-0.3, -0.25) is 9.55 Å². The Balaban J connectivity index is 1.63. The van der Waals surface area contributed by atoms with Gasteiger partial charge < -0.3 is 10.3 Å². The summed E-state index contributed by atoms with van der Waals surface area (Å²) in [6.07, 6.45) is 6.72. The molecular formula is C19H16N8. The molecule has 5 rings (SSSR count). The lowest BCUT2D eigenvalue weighted by Crippen LogP contribution is -2.14. The van der Waals surface area contributed by atoms with Crippen LogP contribution in [0.1, 0.15) is 18.8 Å². The van der Waals surface area contributed by atoms with Crippen molar-refractivity contribution in [2.75, 3.05) is 5.32 Å². The molecule has 8 heteroatoms. The number of imidazole rings is 2. The fourth-order valence-electron chi connectivity index (χ4n) is 3.23. The predicted molar refractivity (Wildman–Crippen MR) is 103 cm³/mol. The summed E-state index contributed by atoms with van der Waals surface area (Å²) in [5, 5.41) is 3.42. The molecule has 0 saturated heterocycles. The number of H-pyrrole nitrogens is 1. The number of nitrogens with one attached hydrogen (secondary N) is 2. The predicted octanol–water partition coefficient (Wildman–Crippen LogP) is 3.26. The van der Waals surface area contributed by atoms with Crippen molar-refractivity contribution < 1.29 is 0 Å². The molecule has 132 valence electrons. The van der Waals surface area contributed by atoms with Crippen molar-refractivity contribution in [2.45, 2.75) is 13.0 Å². The van der Waals surface area contributed by atoms with E-state index in [-0.39, 0.29) is 6.04 Å². The SMILES string of the molecule is C[C@H](Nc1ncnc2[nH]cnc12)c1nc2ccccc2n1-c1cccnc1. The first kappa shape index (κ1) is 15.4. The summed E-state index contributed by atoms with van der Waals surface area (Å²) in [6.45, 7) is 2.05. The van der Waals surface area contributed by atoms with Gasteiger partial charge in [-0.05, 0) is 31.2 Å². The third-order valence-electron chi connectivity index (χ3n) is 4.45. The molecule has 1 aromatic carbocycles. The number of hydrogen-bond acceptors (Lipinski definition) is 6. The van der Waals surface area contributed by atoms with Crippen LogP contribution < -0.4 is 5.32 Å². The molecule has 4 aromatic heterocycles. The summed E-state index contributed by atoms with van der Waals surface area (Å²) < 4.78 is 2.11. The monoisotopic (exact) mass is 356 g/mol. The molecule has 0 aliphatic rings. The normalized spacial score (nSPS) is 12.5. The quantitative estimate of drug-likeness (QED) is 0.513. The minimum atomic E-state index is -0.118. The molecule has 0 aliphatic carbocycles. The van der Waals surface area contributed by atoms with Crippen LogP contribution in [0.5, 0.6) is 0 Å². The van der Waals surface area contributed by atoms with Crippen LogP contribution in [-0.4, -0.2) is 34.5 Å². The number of benzene rings is 1. The fraction of sp³-hybridized carbons (Fsp3) is 0.105. The Bertz CT molecular complexity index is 1220. The highest BCUT2D eigenvalue weighted by Crippen LogP contribution is 2.27. The van der Waals surface area contributed by atoms with Crippen LogP contribution in [-0.2, 0) is 0 Å². The van der Waals surface area contributed by atoms with Crippen molar-refractivity contribution in [1.82, 2.24) is 34.5 Å². The molecule has 0 radical (unpaired) electrons. The van der Waals surface area contributed by atoms with E-state index in [1.807, 2.05) is 36.5 Å². The van der Waals surface area contributed by atoms with E-state index in [0.717, 1.165) is 22.5 Å². The van der Waals surface area contributed by atoms with Gasteiger partial charge in [-0.2, -0.15) is 0 Å². The second kappa shape index (κ2) is 6.17. The zero-order valence-electron chi connectivity index (χ0n) is 14.5. The lowest BCUT2D eigenvalue weighted by Gasteiger charge is -2.16. The summed E-state index contributed by atoms with van der Waals surface area (Å²) in [5.74, 6) is 1.53. The van der Waals surface area contributed by atoms with E-state index in [4.69, 9.17) is 4.98 Å². The van der Waals surface area contributed by atoms with E-state index in [0.29, 0.717) is 17.0 Å². The summed E-state index contributed by atoms with van der Waals surface area (Å²) in [7, 11) is 0. The van der Waals surface area contributed by atoms with Gasteiger partial charge in [-0.1, -0.05) is 12.1 Å². The third kappa shape index (κ3) is 2.58. The van der Waals surface area contributed by atoms with Crippen molar-refractivity contribution in [3.05, 3.63) is 67.3 Å². The molecule has 0 saturated carbocycles. The number of nitrogens with zero attached hydrogens (tertiary/aromatic N) is 6. The van der Waals surface area contributed by atoms with E-state index >= 15 is 0 Å². The molecule has 2 N–H and O–H groups in total. The first-order valence-corrected chi connectivity index (χ1v) is 8.59. The van der Waals surface area contributed by atoms with Crippen molar-refractivity contribution in [3.8, 4) is 5.69 Å². The summed E-state index contributed by atoms with van der Waals surface area (Å²) >= 11 is 0. The molecule has 0 bridgehead atoms. The van der Waals surface area contributed by atoms with Crippen LogP contribution >= 0.6 is 0 Å². The van der Waals surface area contributed by atoms with Crippen molar-refractivity contribution >= 4 is 28.0 Å². The van der Waals surface area contributed by atoms with Crippen molar-refractivity contribution in [3.63, 3.8) is 0 Å². The Morgan fingerprint density at radius 1 is 1.07 bits per heavy atom. The topological polar surface area (TPSA) is 97.2 Å². The number of fused-ring (bicyclic) bond motifs is 2. The van der Waals surface area contributed by atoms with Gasteiger partial charge in [0.2, 0.25) is 0 Å². The Labute approximate surface area is 154 Å². The minimum absolute atomic E-state index is 0.118. The zero-order chi connectivity index (χ0) is 18.2. The standard InChI is InChI=1S/C19H16N8/c1-12(25-18-16-17(22-10-21-16)23-11-24-18)19-26-14-6-2-3-7-15(14)27(19)13-5-4-8-20-9-13/h2-12H,1H3,(H2,21,22,23,24,25)/t12-/m0/s1. The van der Waals surface area contributed by atoms with Gasteiger partial charge in [-0.25, -0.2) is 19.9 Å². The zero-order valence-corrected chi connectivity index (χ0v) is 14.5. The number of pyridine rings is 1. The van der Waals surface area contributed by atoms with E-state index in [9.17, 15) is 0 Å². The number of aromatic nitrogens is 7. The van der Waals surface area contributed by atoms with E-state index < -0.39 is 0 Å². The molecule has 0 unspecified atom stereocenters. The molecule has 0 amide bonds. The molecule has 4 heterocycles. The highest BCUT2D eigenvalue weighted by atomic mass is 15.2. The molecule has 1 atom stereocenters. The molecule has 0 fully saturated rings. The van der Waals surface area contributed by atoms with E-state index in [2.05, 4.69) is 47.8 Å². The van der Waals surface area contributed by atoms with Crippen molar-refractivity contribution in [2.24, 2.45) is 0 Å². The first-order chi connectivity index (χ1) is 13.3. The lowest BCUT2D eigenvalue weighted by molar-refractivity contribution is 0.768. The van der Waals surface area contributed by atoms with Gasteiger partial charge in [0, 0.05) is 6.20 Å². The van der Waals surface area contributed by atoms with Gasteiger partial charge in [-0.15, -0.1) is 0 Å². The summed E-state index contributed by atoms with van der Waals surface area (Å²) in [4.78, 5) is 25.0. The molecule has 0 spiro atoms. The third-order valence-corrected chi connectivity index (χ3v) is 4.45. The maximum Gasteiger partial charge on any atom is 0.162 e. The van der Waals surface area contributed by atoms with Gasteiger partial charge in [0.05, 0.1) is 35.3 Å². The van der Waals surface area contributed by atoms with E-state index in [1.54, 1.807) is 12.5 Å². The Kier molecular flexibility index (Phi) is 3.53. The molecule has 0 aliphatic heterocycles. The Morgan fingerprint density at radius 2 is 2.00 bits per heavy atom. The summed E-state index contributed by atoms with van der Waals surface area (Å²) in [5.41, 5.74) is 4.32. The second-order valence-electron chi connectivity index (χ2n) is 6.19. The number of aromatic amines is 1. The molecule has 8 nitrogen and oxygen atoms in total. The maximum atomic E-state index is 4.85. The van der Waals surface area contributed by atoms with Crippen LogP contribution in [0.3, 0.4) is 0 Å².